The first-order valence-corrected chi connectivity index (χ1v) is 11.8. The van der Waals surface area contributed by atoms with Gasteiger partial charge in [-0.2, -0.15) is 4.73 Å². The molecule has 3 aromatic rings. The number of carbonyl (C=O) groups is 2. The normalized spacial score (nSPS) is 15.0. The fraction of sp³-hybridized carbons (Fsp3) is 0.360. The summed E-state index contributed by atoms with van der Waals surface area (Å²) in [7, 11) is 0. The summed E-state index contributed by atoms with van der Waals surface area (Å²) in [5.74, 6) is -1.57. The number of aromatic nitrogens is 2. The van der Waals surface area contributed by atoms with Gasteiger partial charge in [0.05, 0.1) is 16.3 Å². The number of hydrogen-bond donors (Lipinski definition) is 2. The van der Waals surface area contributed by atoms with E-state index in [1.165, 1.54) is 36.7 Å². The van der Waals surface area contributed by atoms with E-state index in [9.17, 15) is 14.8 Å². The highest BCUT2D eigenvalue weighted by atomic mass is 35.5. The molecule has 2 heterocycles. The molecule has 1 unspecified atom stereocenters. The Hall–Kier alpha value is -3.46. The van der Waals surface area contributed by atoms with Crippen LogP contribution in [0.2, 0.25) is 5.02 Å². The molecule has 4 rings (SSSR count). The largest absolute Gasteiger partial charge is 0.618 e. The van der Waals surface area contributed by atoms with Crippen LogP contribution < -0.4 is 15.4 Å². The van der Waals surface area contributed by atoms with E-state index in [1.807, 2.05) is 0 Å². The highest BCUT2D eigenvalue weighted by Gasteiger charge is 2.32. The predicted molar refractivity (Wildman–Crippen MR) is 128 cm³/mol. The Morgan fingerprint density at radius 2 is 1.97 bits per heavy atom. The van der Waals surface area contributed by atoms with Gasteiger partial charge in [-0.25, -0.2) is 4.39 Å². The van der Waals surface area contributed by atoms with E-state index in [0.29, 0.717) is 10.4 Å². The van der Waals surface area contributed by atoms with Crippen LogP contribution in [0.15, 0.2) is 41.2 Å². The van der Waals surface area contributed by atoms with Crippen LogP contribution in [0.4, 0.5) is 10.1 Å². The van der Waals surface area contributed by atoms with E-state index in [4.69, 9.17) is 16.1 Å². The molecule has 2 N–H and O–H groups in total. The molecule has 1 saturated carbocycles. The molecule has 1 fully saturated rings. The van der Waals surface area contributed by atoms with E-state index in [0.717, 1.165) is 32.1 Å². The number of anilines is 1. The van der Waals surface area contributed by atoms with Gasteiger partial charge in [-0.3, -0.25) is 9.59 Å². The van der Waals surface area contributed by atoms with Gasteiger partial charge in [-0.05, 0) is 43.9 Å². The molecule has 2 aromatic heterocycles. The minimum absolute atomic E-state index is 0.0461. The summed E-state index contributed by atoms with van der Waals surface area (Å²) in [6.07, 6.45) is 7.13. The zero-order valence-electron chi connectivity index (χ0n) is 19.4. The van der Waals surface area contributed by atoms with Crippen molar-refractivity contribution in [1.82, 2.24) is 10.5 Å². The molecular weight excluding hydrogens is 475 g/mol. The fourth-order valence-electron chi connectivity index (χ4n) is 4.54. The summed E-state index contributed by atoms with van der Waals surface area (Å²) in [5, 5.41) is 21.5. The zero-order chi connectivity index (χ0) is 25.1. The minimum atomic E-state index is -0.801. The Morgan fingerprint density at radius 3 is 2.63 bits per heavy atom. The molecular formula is C25H26ClFN4O4. The first-order valence-electron chi connectivity index (χ1n) is 11.5. The highest BCUT2D eigenvalue weighted by Crippen LogP contribution is 2.33. The van der Waals surface area contributed by atoms with Crippen LogP contribution in [0.1, 0.15) is 53.8 Å². The van der Waals surface area contributed by atoms with Crippen LogP contribution in [-0.4, -0.2) is 23.0 Å². The zero-order valence-corrected chi connectivity index (χ0v) is 20.2. The molecule has 0 aliphatic heterocycles. The van der Waals surface area contributed by atoms with Crippen LogP contribution in [0.3, 0.4) is 0 Å². The molecule has 1 aliphatic carbocycles. The van der Waals surface area contributed by atoms with Crippen molar-refractivity contribution in [2.75, 3.05) is 5.32 Å². The van der Waals surface area contributed by atoms with Crippen LogP contribution in [0, 0.1) is 30.8 Å². The van der Waals surface area contributed by atoms with Crippen molar-refractivity contribution in [2.45, 2.75) is 52.0 Å². The smallest absolute Gasteiger partial charge is 0.257 e. The van der Waals surface area contributed by atoms with Crippen LogP contribution in [-0.2, 0) is 4.79 Å². The lowest BCUT2D eigenvalue weighted by molar-refractivity contribution is -0.611. The third-order valence-electron chi connectivity index (χ3n) is 6.48. The molecule has 1 aromatic carbocycles. The molecule has 0 bridgehead atoms. The summed E-state index contributed by atoms with van der Waals surface area (Å²) in [4.78, 5) is 26.1. The highest BCUT2D eigenvalue weighted by molar-refractivity contribution is 6.33. The number of aryl methyl sites for hydroxylation is 1. The summed E-state index contributed by atoms with van der Waals surface area (Å²) in [6.45, 7) is 3.20. The number of pyridine rings is 1. The lowest BCUT2D eigenvalue weighted by Crippen LogP contribution is -2.49. The van der Waals surface area contributed by atoms with Crippen LogP contribution >= 0.6 is 11.6 Å². The molecule has 8 nitrogen and oxygen atoms in total. The maximum absolute atomic E-state index is 15.1. The van der Waals surface area contributed by atoms with Gasteiger partial charge >= 0.3 is 0 Å². The molecule has 1 aliphatic rings. The van der Waals surface area contributed by atoms with Crippen molar-refractivity contribution in [3.8, 4) is 11.1 Å². The van der Waals surface area contributed by atoms with Crippen molar-refractivity contribution >= 4 is 29.1 Å². The summed E-state index contributed by atoms with van der Waals surface area (Å²) in [5.41, 5.74) is 1.62. The van der Waals surface area contributed by atoms with Gasteiger partial charge in [0.15, 0.2) is 11.9 Å². The van der Waals surface area contributed by atoms with Gasteiger partial charge in [0, 0.05) is 24.2 Å². The summed E-state index contributed by atoms with van der Waals surface area (Å²) in [6, 6.07) is 4.78. The van der Waals surface area contributed by atoms with Crippen LogP contribution in [0.5, 0.6) is 0 Å². The lowest BCUT2D eigenvalue weighted by atomic mass is 9.83. The topological polar surface area (TPSA) is 111 Å². The number of nitrogens with zero attached hydrogens (tertiary/aromatic N) is 2. The third kappa shape index (κ3) is 5.30. The SMILES string of the molecule is Cc1nocc1C(=O)NC(C(=O)Nc1ccc(-c2c(Cl)cc[n+]([O-])c2C)c(F)c1)C1CCCCC1. The van der Waals surface area contributed by atoms with Gasteiger partial charge < -0.3 is 20.4 Å². The van der Waals surface area contributed by atoms with Crippen molar-refractivity contribution in [2.24, 2.45) is 5.92 Å². The fourth-order valence-corrected chi connectivity index (χ4v) is 4.84. The van der Waals surface area contributed by atoms with Gasteiger partial charge in [-0.1, -0.05) is 36.0 Å². The second-order valence-electron chi connectivity index (χ2n) is 8.80. The number of nitrogens with one attached hydrogen (secondary N) is 2. The molecule has 10 heteroatoms. The second kappa shape index (κ2) is 10.4. The second-order valence-corrected chi connectivity index (χ2v) is 9.20. The van der Waals surface area contributed by atoms with Gasteiger partial charge in [0.2, 0.25) is 5.91 Å². The molecule has 0 spiro atoms. The number of benzene rings is 1. The number of rotatable bonds is 6. The van der Waals surface area contributed by atoms with E-state index >= 15 is 4.39 Å². The molecule has 0 radical (unpaired) electrons. The van der Waals surface area contributed by atoms with Crippen LogP contribution in [0.25, 0.3) is 11.1 Å². The number of hydrogen-bond acceptors (Lipinski definition) is 5. The Balaban J connectivity index is 1.57. The molecule has 0 saturated heterocycles. The number of amides is 2. The lowest BCUT2D eigenvalue weighted by Gasteiger charge is -2.30. The Kier molecular flexibility index (Phi) is 7.35. The van der Waals surface area contributed by atoms with Gasteiger partial charge in [0.1, 0.15) is 23.7 Å². The maximum Gasteiger partial charge on any atom is 0.257 e. The third-order valence-corrected chi connectivity index (χ3v) is 6.79. The summed E-state index contributed by atoms with van der Waals surface area (Å²) < 4.78 is 20.5. The molecule has 184 valence electrons. The van der Waals surface area contributed by atoms with Crippen molar-refractivity contribution in [3.63, 3.8) is 0 Å². The quantitative estimate of drug-likeness (QED) is 0.376. The molecule has 1 atom stereocenters. The Morgan fingerprint density at radius 1 is 1.23 bits per heavy atom. The standard InChI is InChI=1S/C25H26ClFN4O4/c1-14-19(13-35-30-14)24(32)29-23(16-6-4-3-5-7-16)25(33)28-17-8-9-18(21(27)12-17)22-15(2)31(34)11-10-20(22)26/h8-13,16,23H,3-7H2,1-2H3,(H,28,33)(H,29,32). The van der Waals surface area contributed by atoms with Crippen molar-refractivity contribution in [1.29, 1.82) is 0 Å². The maximum atomic E-state index is 15.1. The van der Waals surface area contributed by atoms with Gasteiger partial charge in [-0.15, -0.1) is 0 Å². The molecule has 35 heavy (non-hydrogen) atoms. The number of halogens is 2. The average molecular weight is 501 g/mol. The van der Waals surface area contributed by atoms with E-state index in [1.54, 1.807) is 13.8 Å². The van der Waals surface area contributed by atoms with E-state index in [-0.39, 0.29) is 39.0 Å². The van der Waals surface area contributed by atoms with Gasteiger partial charge in [0.25, 0.3) is 5.91 Å². The summed E-state index contributed by atoms with van der Waals surface area (Å²) >= 11 is 6.22. The first-order chi connectivity index (χ1) is 16.8. The Bertz CT molecular complexity index is 1260. The van der Waals surface area contributed by atoms with Crippen molar-refractivity contribution in [3.05, 3.63) is 69.7 Å². The average Bonchev–Trinajstić information content (AvgIpc) is 3.27. The minimum Gasteiger partial charge on any atom is -0.618 e. The number of carbonyl (C=O) groups excluding carboxylic acids is 2. The predicted octanol–water partition coefficient (Wildman–Crippen LogP) is 4.70. The molecule has 2 amide bonds. The van der Waals surface area contributed by atoms with E-state index in [2.05, 4.69) is 15.8 Å². The van der Waals surface area contributed by atoms with E-state index < -0.39 is 23.7 Å². The van der Waals surface area contributed by atoms with Crippen molar-refractivity contribution < 1.29 is 23.2 Å². The monoisotopic (exact) mass is 500 g/mol. The Labute approximate surface area is 207 Å². The first kappa shape index (κ1) is 24.7.